The number of amides is 1. The minimum atomic E-state index is -3.64. The smallest absolute Gasteiger partial charge is 0.246 e. The zero-order valence-corrected chi connectivity index (χ0v) is 13.9. The summed E-state index contributed by atoms with van der Waals surface area (Å²) in [6.45, 7) is 4.39. The van der Waals surface area contributed by atoms with Crippen molar-refractivity contribution in [2.24, 2.45) is 0 Å². The van der Waals surface area contributed by atoms with Crippen molar-refractivity contribution >= 4 is 21.6 Å². The van der Waals surface area contributed by atoms with Gasteiger partial charge in [-0.15, -0.1) is 0 Å². The number of nitrogens with one attached hydrogen (secondary N) is 1. The third-order valence-corrected chi connectivity index (χ3v) is 6.54. The molecule has 1 aliphatic heterocycles. The molecule has 1 N–H and O–H groups in total. The first kappa shape index (κ1) is 16.8. The summed E-state index contributed by atoms with van der Waals surface area (Å²) >= 11 is 0. The van der Waals surface area contributed by atoms with Gasteiger partial charge in [-0.2, -0.15) is 0 Å². The quantitative estimate of drug-likeness (QED) is 0.916. The normalized spacial score (nSPS) is 24.7. The van der Waals surface area contributed by atoms with E-state index in [-0.39, 0.29) is 0 Å². The average Bonchev–Trinajstić information content (AvgIpc) is 2.47. The molecule has 1 saturated heterocycles. The molecule has 0 saturated carbocycles. The fourth-order valence-electron chi connectivity index (χ4n) is 2.53. The Morgan fingerprint density at radius 2 is 2.00 bits per heavy atom. The Labute approximate surface area is 131 Å². The molecule has 6 nitrogen and oxygen atoms in total. The van der Waals surface area contributed by atoms with E-state index in [0.717, 1.165) is 0 Å². The zero-order valence-electron chi connectivity index (χ0n) is 13.1. The van der Waals surface area contributed by atoms with Gasteiger partial charge in [0.1, 0.15) is 5.75 Å². The van der Waals surface area contributed by atoms with E-state index in [0.29, 0.717) is 37.4 Å². The lowest BCUT2D eigenvalue weighted by Crippen LogP contribution is -2.56. The highest BCUT2D eigenvalue weighted by molar-refractivity contribution is 7.91. The summed E-state index contributed by atoms with van der Waals surface area (Å²) in [5.41, 5.74) is 0.554. The van der Waals surface area contributed by atoms with E-state index in [1.54, 1.807) is 24.3 Å². The Morgan fingerprint density at radius 1 is 1.36 bits per heavy atom. The molecule has 0 aliphatic carbocycles. The predicted octanol–water partition coefficient (Wildman–Crippen LogP) is 1.84. The number of carbonyl (C=O) groups excluding carboxylic acids is 1. The SMILES string of the molecule is CCOc1ccc(NC(=O)[C@]2(C)CCCN(C)S2(=O)=O)cc1. The van der Waals surface area contributed by atoms with Crippen molar-refractivity contribution in [2.45, 2.75) is 31.4 Å². The molecule has 1 aromatic rings. The first-order valence-corrected chi connectivity index (χ1v) is 8.75. The number of anilines is 1. The van der Waals surface area contributed by atoms with Crippen molar-refractivity contribution in [3.63, 3.8) is 0 Å². The Bertz CT molecular complexity index is 642. The zero-order chi connectivity index (χ0) is 16.4. The van der Waals surface area contributed by atoms with Gasteiger partial charge in [0.05, 0.1) is 6.61 Å². The van der Waals surface area contributed by atoms with Gasteiger partial charge in [0.15, 0.2) is 4.75 Å². The molecule has 1 fully saturated rings. The van der Waals surface area contributed by atoms with Gasteiger partial charge in [-0.05, 0) is 51.0 Å². The third-order valence-electron chi connectivity index (χ3n) is 4.01. The second-order valence-electron chi connectivity index (χ2n) is 5.57. The third kappa shape index (κ3) is 2.96. The van der Waals surface area contributed by atoms with Gasteiger partial charge in [-0.1, -0.05) is 0 Å². The largest absolute Gasteiger partial charge is 0.494 e. The van der Waals surface area contributed by atoms with Crippen LogP contribution in [0.3, 0.4) is 0 Å². The Balaban J connectivity index is 2.17. The van der Waals surface area contributed by atoms with Crippen molar-refractivity contribution < 1.29 is 17.9 Å². The fourth-order valence-corrected chi connectivity index (χ4v) is 4.27. The lowest BCUT2D eigenvalue weighted by atomic mass is 10.0. The monoisotopic (exact) mass is 326 g/mol. The maximum absolute atomic E-state index is 12.5. The van der Waals surface area contributed by atoms with Gasteiger partial charge in [-0.3, -0.25) is 4.79 Å². The highest BCUT2D eigenvalue weighted by atomic mass is 32.2. The lowest BCUT2D eigenvalue weighted by molar-refractivity contribution is -0.118. The van der Waals surface area contributed by atoms with E-state index in [1.807, 2.05) is 6.92 Å². The first-order chi connectivity index (χ1) is 10.3. The van der Waals surface area contributed by atoms with E-state index < -0.39 is 20.7 Å². The summed E-state index contributed by atoms with van der Waals surface area (Å²) in [4.78, 5) is 12.5. The fraction of sp³-hybridized carbons (Fsp3) is 0.533. The van der Waals surface area contributed by atoms with Crippen LogP contribution in [0.4, 0.5) is 5.69 Å². The number of hydrogen-bond donors (Lipinski definition) is 1. The molecule has 1 amide bonds. The molecule has 22 heavy (non-hydrogen) atoms. The Kier molecular flexibility index (Phi) is 4.77. The van der Waals surface area contributed by atoms with Gasteiger partial charge in [0.2, 0.25) is 15.9 Å². The first-order valence-electron chi connectivity index (χ1n) is 7.31. The molecule has 122 valence electrons. The van der Waals surface area contributed by atoms with Crippen molar-refractivity contribution in [3.05, 3.63) is 24.3 Å². The number of nitrogens with zero attached hydrogens (tertiary/aromatic N) is 1. The lowest BCUT2D eigenvalue weighted by Gasteiger charge is -2.36. The van der Waals surface area contributed by atoms with E-state index in [1.165, 1.54) is 18.3 Å². The molecule has 1 atom stereocenters. The second kappa shape index (κ2) is 6.26. The Hall–Kier alpha value is -1.60. The van der Waals surface area contributed by atoms with Crippen LogP contribution < -0.4 is 10.1 Å². The van der Waals surface area contributed by atoms with Gasteiger partial charge in [-0.25, -0.2) is 12.7 Å². The van der Waals surface area contributed by atoms with E-state index in [4.69, 9.17) is 4.74 Å². The summed E-state index contributed by atoms with van der Waals surface area (Å²) in [6, 6.07) is 6.88. The van der Waals surface area contributed by atoms with Gasteiger partial charge in [0.25, 0.3) is 0 Å². The molecular formula is C15H22N2O4S. The minimum Gasteiger partial charge on any atom is -0.494 e. The van der Waals surface area contributed by atoms with Crippen LogP contribution in [-0.4, -0.2) is 43.6 Å². The maximum atomic E-state index is 12.5. The van der Waals surface area contributed by atoms with E-state index >= 15 is 0 Å². The average molecular weight is 326 g/mol. The summed E-state index contributed by atoms with van der Waals surface area (Å²) in [7, 11) is -2.13. The van der Waals surface area contributed by atoms with Gasteiger partial charge in [0, 0.05) is 19.3 Å². The van der Waals surface area contributed by atoms with E-state index in [9.17, 15) is 13.2 Å². The Morgan fingerprint density at radius 3 is 2.59 bits per heavy atom. The summed E-state index contributed by atoms with van der Waals surface area (Å²) in [5, 5.41) is 2.70. The van der Waals surface area contributed by atoms with E-state index in [2.05, 4.69) is 5.32 Å². The molecule has 7 heteroatoms. The summed E-state index contributed by atoms with van der Waals surface area (Å²) in [5.74, 6) is 0.208. The van der Waals surface area contributed by atoms with Crippen molar-refractivity contribution in [2.75, 3.05) is 25.5 Å². The van der Waals surface area contributed by atoms with Crippen molar-refractivity contribution in [1.29, 1.82) is 0 Å². The molecule has 1 heterocycles. The molecule has 0 unspecified atom stereocenters. The van der Waals surface area contributed by atoms with Crippen LogP contribution in [0.15, 0.2) is 24.3 Å². The molecule has 0 aromatic heterocycles. The maximum Gasteiger partial charge on any atom is 0.246 e. The van der Waals surface area contributed by atoms with Gasteiger partial charge < -0.3 is 10.1 Å². The highest BCUT2D eigenvalue weighted by Crippen LogP contribution is 2.32. The summed E-state index contributed by atoms with van der Waals surface area (Å²) in [6.07, 6.45) is 0.992. The molecule has 0 spiro atoms. The van der Waals surface area contributed by atoms with Crippen LogP contribution in [-0.2, 0) is 14.8 Å². The van der Waals surface area contributed by atoms with Crippen LogP contribution in [0.2, 0.25) is 0 Å². The van der Waals surface area contributed by atoms with Crippen molar-refractivity contribution in [3.8, 4) is 5.75 Å². The van der Waals surface area contributed by atoms with Gasteiger partial charge >= 0.3 is 0 Å². The second-order valence-corrected chi connectivity index (χ2v) is 8.05. The highest BCUT2D eigenvalue weighted by Gasteiger charge is 2.50. The van der Waals surface area contributed by atoms with Crippen LogP contribution in [0.25, 0.3) is 0 Å². The number of rotatable bonds is 4. The van der Waals surface area contributed by atoms with Crippen LogP contribution in [0.1, 0.15) is 26.7 Å². The molecule has 2 rings (SSSR count). The number of carbonyl (C=O) groups is 1. The topological polar surface area (TPSA) is 75.7 Å². The van der Waals surface area contributed by atoms with Crippen molar-refractivity contribution in [1.82, 2.24) is 4.31 Å². The number of benzene rings is 1. The predicted molar refractivity (Wildman–Crippen MR) is 85.4 cm³/mol. The van der Waals surface area contributed by atoms with Crippen LogP contribution >= 0.6 is 0 Å². The summed E-state index contributed by atoms with van der Waals surface area (Å²) < 4.78 is 30.1. The molecule has 0 bridgehead atoms. The molecule has 0 radical (unpaired) electrons. The molecule has 1 aromatic carbocycles. The van der Waals surface area contributed by atoms with Crippen LogP contribution in [0, 0.1) is 0 Å². The van der Waals surface area contributed by atoms with Crippen LogP contribution in [0.5, 0.6) is 5.75 Å². The standard InChI is InChI=1S/C15H22N2O4S/c1-4-21-13-8-6-12(7-9-13)16-14(18)15(2)10-5-11-17(3)22(15,19)20/h6-9H,4-5,10-11H2,1-3H3,(H,16,18)/t15-/m0/s1. The number of hydrogen-bond acceptors (Lipinski definition) is 4. The number of sulfonamides is 1. The minimum absolute atomic E-state index is 0.322. The molecule has 1 aliphatic rings. The molecular weight excluding hydrogens is 304 g/mol. The number of ether oxygens (including phenoxy) is 1.